The molecule has 0 fully saturated rings. The first-order chi connectivity index (χ1) is 6.27. The van der Waals surface area contributed by atoms with Gasteiger partial charge in [0.05, 0.1) is 12.7 Å². The predicted octanol–water partition coefficient (Wildman–Crippen LogP) is 2.89. The Kier molecular flexibility index (Phi) is 3.60. The topological polar surface area (TPSA) is 33.0 Å². The standard InChI is InChI=1S/C10H10ClNO/c1-2-13-9-5-3-8(4-6-9)10(11)7-12/h3-6,10H,2H2,1H3. The van der Waals surface area contributed by atoms with Crippen molar-refractivity contribution in [2.75, 3.05) is 6.61 Å². The minimum absolute atomic E-state index is 0.573. The normalized spacial score (nSPS) is 11.8. The summed E-state index contributed by atoms with van der Waals surface area (Å²) in [5, 5.41) is 7.97. The van der Waals surface area contributed by atoms with Crippen LogP contribution < -0.4 is 4.74 Å². The summed E-state index contributed by atoms with van der Waals surface area (Å²) in [6.07, 6.45) is 0. The van der Waals surface area contributed by atoms with Crippen molar-refractivity contribution < 1.29 is 4.74 Å². The largest absolute Gasteiger partial charge is 0.494 e. The number of benzene rings is 1. The highest BCUT2D eigenvalue weighted by molar-refractivity contribution is 6.22. The molecule has 0 radical (unpaired) electrons. The first-order valence-corrected chi connectivity index (χ1v) is 4.48. The van der Waals surface area contributed by atoms with Crippen LogP contribution in [0.3, 0.4) is 0 Å². The molecule has 0 aliphatic carbocycles. The van der Waals surface area contributed by atoms with Crippen LogP contribution in [0.15, 0.2) is 24.3 Å². The van der Waals surface area contributed by atoms with Crippen molar-refractivity contribution in [2.24, 2.45) is 0 Å². The summed E-state index contributed by atoms with van der Waals surface area (Å²) in [6, 6.07) is 9.17. The Bertz CT molecular complexity index is 302. The van der Waals surface area contributed by atoms with Gasteiger partial charge in [0.15, 0.2) is 0 Å². The van der Waals surface area contributed by atoms with E-state index in [1.165, 1.54) is 0 Å². The zero-order chi connectivity index (χ0) is 9.68. The average Bonchev–Trinajstić information content (AvgIpc) is 2.18. The monoisotopic (exact) mass is 195 g/mol. The maximum atomic E-state index is 8.55. The summed E-state index contributed by atoms with van der Waals surface area (Å²) in [7, 11) is 0. The molecule has 1 aromatic rings. The van der Waals surface area contributed by atoms with Gasteiger partial charge in [-0.25, -0.2) is 0 Å². The first kappa shape index (κ1) is 9.88. The van der Waals surface area contributed by atoms with Crippen molar-refractivity contribution in [3.8, 4) is 11.8 Å². The summed E-state index contributed by atoms with van der Waals surface area (Å²) in [6.45, 7) is 2.56. The van der Waals surface area contributed by atoms with Crippen molar-refractivity contribution in [2.45, 2.75) is 12.3 Å². The van der Waals surface area contributed by atoms with E-state index in [1.807, 2.05) is 25.1 Å². The SMILES string of the molecule is CCOc1ccc(C(Cl)C#N)cc1. The van der Waals surface area contributed by atoms with Gasteiger partial charge in [0.25, 0.3) is 0 Å². The molecule has 68 valence electrons. The molecule has 0 bridgehead atoms. The Morgan fingerprint density at radius 1 is 1.46 bits per heavy atom. The Hall–Kier alpha value is -1.20. The molecule has 0 heterocycles. The zero-order valence-electron chi connectivity index (χ0n) is 7.33. The maximum absolute atomic E-state index is 8.55. The molecule has 0 saturated heterocycles. The lowest BCUT2D eigenvalue weighted by atomic mass is 10.1. The van der Waals surface area contributed by atoms with Crippen LogP contribution in [0.5, 0.6) is 5.75 Å². The van der Waals surface area contributed by atoms with Gasteiger partial charge in [-0.05, 0) is 24.6 Å². The van der Waals surface area contributed by atoms with E-state index in [4.69, 9.17) is 21.6 Å². The summed E-state index contributed by atoms with van der Waals surface area (Å²) >= 11 is 5.72. The lowest BCUT2D eigenvalue weighted by Crippen LogP contribution is -1.92. The summed E-state index contributed by atoms with van der Waals surface area (Å²) in [5.41, 5.74) is 0.799. The highest BCUT2D eigenvalue weighted by atomic mass is 35.5. The van der Waals surface area contributed by atoms with E-state index in [2.05, 4.69) is 0 Å². The maximum Gasteiger partial charge on any atom is 0.145 e. The molecule has 0 saturated carbocycles. The molecule has 3 heteroatoms. The van der Waals surface area contributed by atoms with E-state index in [0.717, 1.165) is 11.3 Å². The predicted molar refractivity (Wildman–Crippen MR) is 51.8 cm³/mol. The third-order valence-corrected chi connectivity index (χ3v) is 1.95. The number of alkyl halides is 1. The van der Waals surface area contributed by atoms with Gasteiger partial charge in [-0.15, -0.1) is 11.6 Å². The molecule has 0 aromatic heterocycles. The second-order valence-corrected chi connectivity index (χ2v) is 2.93. The van der Waals surface area contributed by atoms with Crippen LogP contribution >= 0.6 is 11.6 Å². The molecule has 1 unspecified atom stereocenters. The van der Waals surface area contributed by atoms with Crippen molar-refractivity contribution >= 4 is 11.6 Å². The molecular weight excluding hydrogens is 186 g/mol. The van der Waals surface area contributed by atoms with E-state index < -0.39 is 5.38 Å². The van der Waals surface area contributed by atoms with Gasteiger partial charge in [-0.1, -0.05) is 12.1 Å². The molecule has 0 aliphatic rings. The van der Waals surface area contributed by atoms with E-state index in [1.54, 1.807) is 12.1 Å². The quantitative estimate of drug-likeness (QED) is 0.695. The molecule has 1 rings (SSSR count). The number of hydrogen-bond donors (Lipinski definition) is 0. The van der Waals surface area contributed by atoms with Crippen molar-refractivity contribution in [3.05, 3.63) is 29.8 Å². The molecule has 1 atom stereocenters. The van der Waals surface area contributed by atoms with Gasteiger partial charge in [0.2, 0.25) is 0 Å². The second-order valence-electron chi connectivity index (χ2n) is 2.49. The summed E-state index contributed by atoms with van der Waals surface area (Å²) in [5.74, 6) is 0.799. The molecule has 13 heavy (non-hydrogen) atoms. The van der Waals surface area contributed by atoms with Crippen LogP contribution in [0.1, 0.15) is 17.9 Å². The smallest absolute Gasteiger partial charge is 0.145 e. The summed E-state index contributed by atoms with van der Waals surface area (Å²) < 4.78 is 5.25. The molecule has 0 aliphatic heterocycles. The van der Waals surface area contributed by atoms with Crippen LogP contribution in [0.4, 0.5) is 0 Å². The molecule has 0 N–H and O–H groups in total. The number of hydrogen-bond acceptors (Lipinski definition) is 2. The Morgan fingerprint density at radius 2 is 2.08 bits per heavy atom. The van der Waals surface area contributed by atoms with Crippen LogP contribution in [-0.2, 0) is 0 Å². The van der Waals surface area contributed by atoms with Gasteiger partial charge in [-0.3, -0.25) is 0 Å². The van der Waals surface area contributed by atoms with Gasteiger partial charge in [0, 0.05) is 0 Å². The third kappa shape index (κ3) is 2.64. The van der Waals surface area contributed by atoms with E-state index >= 15 is 0 Å². The van der Waals surface area contributed by atoms with Crippen LogP contribution in [0.25, 0.3) is 0 Å². The molecule has 0 spiro atoms. The van der Waals surface area contributed by atoms with Crippen LogP contribution in [0, 0.1) is 11.3 Å². The van der Waals surface area contributed by atoms with Gasteiger partial charge in [-0.2, -0.15) is 5.26 Å². The lowest BCUT2D eigenvalue weighted by molar-refractivity contribution is 0.340. The molecule has 0 amide bonds. The average molecular weight is 196 g/mol. The second kappa shape index (κ2) is 4.74. The fourth-order valence-corrected chi connectivity index (χ4v) is 1.12. The van der Waals surface area contributed by atoms with Crippen LogP contribution in [-0.4, -0.2) is 6.61 Å². The van der Waals surface area contributed by atoms with E-state index in [-0.39, 0.29) is 0 Å². The molecule has 2 nitrogen and oxygen atoms in total. The van der Waals surface area contributed by atoms with E-state index in [9.17, 15) is 0 Å². The zero-order valence-corrected chi connectivity index (χ0v) is 8.08. The van der Waals surface area contributed by atoms with E-state index in [0.29, 0.717) is 6.61 Å². The minimum atomic E-state index is -0.573. The van der Waals surface area contributed by atoms with Crippen molar-refractivity contribution in [1.29, 1.82) is 5.26 Å². The molecular formula is C10H10ClNO. The van der Waals surface area contributed by atoms with Gasteiger partial charge < -0.3 is 4.74 Å². The first-order valence-electron chi connectivity index (χ1n) is 4.04. The third-order valence-electron chi connectivity index (χ3n) is 1.60. The number of ether oxygens (including phenoxy) is 1. The van der Waals surface area contributed by atoms with Gasteiger partial charge >= 0.3 is 0 Å². The summed E-state index contributed by atoms with van der Waals surface area (Å²) in [4.78, 5) is 0. The number of nitrogens with zero attached hydrogens (tertiary/aromatic N) is 1. The fraction of sp³-hybridized carbons (Fsp3) is 0.300. The van der Waals surface area contributed by atoms with Crippen molar-refractivity contribution in [3.63, 3.8) is 0 Å². The Balaban J connectivity index is 2.76. The number of rotatable bonds is 3. The highest BCUT2D eigenvalue weighted by Crippen LogP contribution is 2.21. The van der Waals surface area contributed by atoms with Gasteiger partial charge in [0.1, 0.15) is 11.1 Å². The fourth-order valence-electron chi connectivity index (χ4n) is 0.974. The Labute approximate surface area is 82.7 Å². The number of halogens is 1. The highest BCUT2D eigenvalue weighted by Gasteiger charge is 2.04. The Morgan fingerprint density at radius 3 is 2.54 bits per heavy atom. The number of nitriles is 1. The van der Waals surface area contributed by atoms with Crippen molar-refractivity contribution in [1.82, 2.24) is 0 Å². The van der Waals surface area contributed by atoms with Crippen LogP contribution in [0.2, 0.25) is 0 Å². The minimum Gasteiger partial charge on any atom is -0.494 e. The lowest BCUT2D eigenvalue weighted by Gasteiger charge is -2.04. The molecule has 1 aromatic carbocycles.